The van der Waals surface area contributed by atoms with Crippen molar-refractivity contribution in [1.29, 1.82) is 0 Å². The number of amides is 1. The maximum Gasteiger partial charge on any atom is 0.257 e. The number of halogens is 1. The zero-order valence-electron chi connectivity index (χ0n) is 7.98. The van der Waals surface area contributed by atoms with Crippen LogP contribution in [0.2, 0.25) is 0 Å². The van der Waals surface area contributed by atoms with Crippen molar-refractivity contribution in [2.75, 3.05) is 18.4 Å². The van der Waals surface area contributed by atoms with Crippen LogP contribution < -0.4 is 0 Å². The summed E-state index contributed by atoms with van der Waals surface area (Å²) in [6.07, 6.45) is 4.48. The third kappa shape index (κ3) is 2.77. The smallest absolute Gasteiger partial charge is 0.257 e. The van der Waals surface area contributed by atoms with Gasteiger partial charge < -0.3 is 4.90 Å². The number of hydrogen-bond donors (Lipinski definition) is 0. The third-order valence-corrected chi connectivity index (χ3v) is 2.19. The summed E-state index contributed by atoms with van der Waals surface area (Å²) in [6, 6.07) is 0. The predicted octanol–water partition coefficient (Wildman–Crippen LogP) is 1.33. The number of alkyl halides is 1. The number of carbonyl (C=O) groups excluding carboxylic acids is 1. The van der Waals surface area contributed by atoms with Gasteiger partial charge in [0.25, 0.3) is 5.91 Å². The van der Waals surface area contributed by atoms with Crippen LogP contribution in [-0.2, 0) is 0 Å². The minimum atomic E-state index is -0.0208. The highest BCUT2D eigenvalue weighted by Crippen LogP contribution is 2.01. The molecule has 0 saturated heterocycles. The Balaban J connectivity index is 2.73. The molecule has 0 aromatic carbocycles. The molecule has 14 heavy (non-hydrogen) atoms. The van der Waals surface area contributed by atoms with Crippen LogP contribution in [0.1, 0.15) is 17.3 Å². The Morgan fingerprint density at radius 3 is 2.64 bits per heavy atom. The van der Waals surface area contributed by atoms with E-state index in [2.05, 4.69) is 25.9 Å². The first-order valence-electron chi connectivity index (χ1n) is 4.39. The number of hydrogen-bond acceptors (Lipinski definition) is 3. The van der Waals surface area contributed by atoms with Crippen molar-refractivity contribution in [3.8, 4) is 0 Å². The Bertz CT molecular complexity index is 291. The van der Waals surface area contributed by atoms with Gasteiger partial charge in [-0.15, -0.1) is 0 Å². The van der Waals surface area contributed by atoms with Gasteiger partial charge in [0, 0.05) is 30.8 Å². The fraction of sp³-hybridized carbons (Fsp3) is 0.444. The van der Waals surface area contributed by atoms with Gasteiger partial charge in [0.15, 0.2) is 0 Å². The molecule has 1 aromatic rings. The third-order valence-electron chi connectivity index (χ3n) is 1.83. The van der Waals surface area contributed by atoms with Crippen molar-refractivity contribution in [3.05, 3.63) is 24.3 Å². The number of aromatic nitrogens is 2. The minimum Gasteiger partial charge on any atom is -0.338 e. The Hall–Kier alpha value is -0.970. The summed E-state index contributed by atoms with van der Waals surface area (Å²) in [4.78, 5) is 21.2. The van der Waals surface area contributed by atoms with Crippen LogP contribution in [0.3, 0.4) is 0 Å². The molecule has 76 valence electrons. The number of rotatable bonds is 4. The topological polar surface area (TPSA) is 46.1 Å². The van der Waals surface area contributed by atoms with Gasteiger partial charge in [0.05, 0.1) is 5.56 Å². The Labute approximate surface area is 91.5 Å². The van der Waals surface area contributed by atoms with Crippen molar-refractivity contribution < 1.29 is 4.79 Å². The number of carbonyl (C=O) groups is 1. The van der Waals surface area contributed by atoms with E-state index in [0.29, 0.717) is 18.7 Å². The second kappa shape index (κ2) is 5.70. The van der Waals surface area contributed by atoms with Crippen LogP contribution >= 0.6 is 15.9 Å². The lowest BCUT2D eigenvalue weighted by molar-refractivity contribution is 0.0774. The molecule has 1 amide bonds. The summed E-state index contributed by atoms with van der Waals surface area (Å²) in [5.41, 5.74) is 0.537. The molecule has 0 spiro atoms. The van der Waals surface area contributed by atoms with E-state index in [-0.39, 0.29) is 5.91 Å². The molecule has 5 heteroatoms. The fourth-order valence-corrected chi connectivity index (χ4v) is 1.53. The van der Waals surface area contributed by atoms with Gasteiger partial charge in [0.1, 0.15) is 6.33 Å². The molecular formula is C9H12BrN3O. The van der Waals surface area contributed by atoms with Crippen molar-refractivity contribution in [2.24, 2.45) is 0 Å². The number of nitrogens with zero attached hydrogens (tertiary/aromatic N) is 3. The van der Waals surface area contributed by atoms with Crippen molar-refractivity contribution in [2.45, 2.75) is 6.92 Å². The molecule has 0 bridgehead atoms. The SMILES string of the molecule is CCN(CCBr)C(=O)c1cncnc1. The van der Waals surface area contributed by atoms with E-state index < -0.39 is 0 Å². The molecule has 0 N–H and O–H groups in total. The monoisotopic (exact) mass is 257 g/mol. The van der Waals surface area contributed by atoms with Crippen LogP contribution in [0.5, 0.6) is 0 Å². The van der Waals surface area contributed by atoms with Crippen LogP contribution in [0, 0.1) is 0 Å². The summed E-state index contributed by atoms with van der Waals surface area (Å²) in [5, 5.41) is 0.778. The zero-order valence-corrected chi connectivity index (χ0v) is 9.57. The van der Waals surface area contributed by atoms with Gasteiger partial charge in [0.2, 0.25) is 0 Å². The average molecular weight is 258 g/mol. The van der Waals surface area contributed by atoms with Crippen molar-refractivity contribution in [1.82, 2.24) is 14.9 Å². The molecule has 0 aliphatic rings. The predicted molar refractivity (Wildman–Crippen MR) is 57.4 cm³/mol. The largest absolute Gasteiger partial charge is 0.338 e. The van der Waals surface area contributed by atoms with E-state index in [1.165, 1.54) is 18.7 Å². The molecule has 1 heterocycles. The Morgan fingerprint density at radius 2 is 2.14 bits per heavy atom. The standard InChI is InChI=1S/C9H12BrN3O/c1-2-13(4-3-10)9(14)8-5-11-7-12-6-8/h5-7H,2-4H2,1H3. The summed E-state index contributed by atoms with van der Waals surface area (Å²) in [5.74, 6) is -0.0208. The Morgan fingerprint density at radius 1 is 1.50 bits per heavy atom. The zero-order chi connectivity index (χ0) is 10.4. The van der Waals surface area contributed by atoms with Gasteiger partial charge in [-0.2, -0.15) is 0 Å². The summed E-state index contributed by atoms with van der Waals surface area (Å²) in [7, 11) is 0. The highest BCUT2D eigenvalue weighted by molar-refractivity contribution is 9.09. The molecule has 0 atom stereocenters. The van der Waals surface area contributed by atoms with Crippen LogP contribution in [0.15, 0.2) is 18.7 Å². The van der Waals surface area contributed by atoms with Crippen molar-refractivity contribution >= 4 is 21.8 Å². The molecule has 0 fully saturated rings. The van der Waals surface area contributed by atoms with Gasteiger partial charge in [-0.1, -0.05) is 15.9 Å². The van der Waals surface area contributed by atoms with Crippen LogP contribution in [-0.4, -0.2) is 39.2 Å². The molecule has 1 rings (SSSR count). The first kappa shape index (κ1) is 11.1. The molecule has 0 aliphatic heterocycles. The first-order valence-corrected chi connectivity index (χ1v) is 5.52. The summed E-state index contributed by atoms with van der Waals surface area (Å²) >= 11 is 3.31. The quantitative estimate of drug-likeness (QED) is 0.765. The summed E-state index contributed by atoms with van der Waals surface area (Å²) in [6.45, 7) is 3.34. The van der Waals surface area contributed by atoms with E-state index in [0.717, 1.165) is 5.33 Å². The lowest BCUT2D eigenvalue weighted by Crippen LogP contribution is -2.32. The lowest BCUT2D eigenvalue weighted by Gasteiger charge is -2.18. The minimum absolute atomic E-state index is 0.0208. The second-order valence-electron chi connectivity index (χ2n) is 2.70. The van der Waals surface area contributed by atoms with Gasteiger partial charge in [-0.25, -0.2) is 9.97 Å². The van der Waals surface area contributed by atoms with Gasteiger partial charge >= 0.3 is 0 Å². The maximum absolute atomic E-state index is 11.8. The van der Waals surface area contributed by atoms with Gasteiger partial charge in [-0.05, 0) is 6.92 Å². The molecular weight excluding hydrogens is 246 g/mol. The van der Waals surface area contributed by atoms with E-state index in [1.807, 2.05) is 6.92 Å². The summed E-state index contributed by atoms with van der Waals surface area (Å²) < 4.78 is 0. The molecule has 0 saturated carbocycles. The van der Waals surface area contributed by atoms with E-state index in [1.54, 1.807) is 4.90 Å². The molecule has 1 aromatic heterocycles. The molecule has 4 nitrogen and oxygen atoms in total. The fourth-order valence-electron chi connectivity index (χ4n) is 1.10. The van der Waals surface area contributed by atoms with Crippen molar-refractivity contribution in [3.63, 3.8) is 0 Å². The first-order chi connectivity index (χ1) is 6.79. The highest BCUT2D eigenvalue weighted by Gasteiger charge is 2.13. The van der Waals surface area contributed by atoms with Gasteiger partial charge in [-0.3, -0.25) is 4.79 Å². The van der Waals surface area contributed by atoms with E-state index in [9.17, 15) is 4.79 Å². The maximum atomic E-state index is 11.8. The van der Waals surface area contributed by atoms with E-state index >= 15 is 0 Å². The normalized spacial score (nSPS) is 9.86. The molecule has 0 aliphatic carbocycles. The highest BCUT2D eigenvalue weighted by atomic mass is 79.9. The second-order valence-corrected chi connectivity index (χ2v) is 3.49. The molecule has 0 radical (unpaired) electrons. The van der Waals surface area contributed by atoms with E-state index in [4.69, 9.17) is 0 Å². The molecule has 0 unspecified atom stereocenters. The average Bonchev–Trinajstić information content (AvgIpc) is 2.26. The lowest BCUT2D eigenvalue weighted by atomic mass is 10.3. The Kier molecular flexibility index (Phi) is 4.52. The van der Waals surface area contributed by atoms with Crippen LogP contribution in [0.4, 0.5) is 0 Å². The van der Waals surface area contributed by atoms with Crippen LogP contribution in [0.25, 0.3) is 0 Å².